The molecule has 0 unspecified atom stereocenters. The Kier molecular flexibility index (Phi) is 6.28. The van der Waals surface area contributed by atoms with Crippen LogP contribution in [0.25, 0.3) is 0 Å². The maximum absolute atomic E-state index is 11.8. The van der Waals surface area contributed by atoms with Crippen molar-refractivity contribution < 1.29 is 29.3 Å². The Hall–Kier alpha value is -2.95. The van der Waals surface area contributed by atoms with Gasteiger partial charge in [0.1, 0.15) is 4.88 Å². The number of hydrogen-bond acceptors (Lipinski definition) is 11. The van der Waals surface area contributed by atoms with E-state index in [-0.39, 0.29) is 36.3 Å². The lowest BCUT2D eigenvalue weighted by atomic mass is 10.2. The fraction of sp³-hybridized carbons (Fsp3) is 0.400. The van der Waals surface area contributed by atoms with Crippen molar-refractivity contribution in [3.8, 4) is 11.8 Å². The van der Waals surface area contributed by atoms with Gasteiger partial charge < -0.3 is 19.7 Å². The SMILES string of the molecule is CCOC(=O)Cc1c(O)nc(Nc2nc(C)c(C(=O)OCC)s2)nc1O. The fourth-order valence-corrected chi connectivity index (χ4v) is 2.82. The van der Waals surface area contributed by atoms with Crippen LogP contribution in [-0.4, -0.2) is 50.3 Å². The summed E-state index contributed by atoms with van der Waals surface area (Å²) < 4.78 is 9.69. The minimum Gasteiger partial charge on any atom is -0.493 e. The van der Waals surface area contributed by atoms with Gasteiger partial charge in [0.2, 0.25) is 17.7 Å². The molecule has 0 aliphatic heterocycles. The fourth-order valence-electron chi connectivity index (χ4n) is 1.96. The molecule has 3 N–H and O–H groups in total. The highest BCUT2D eigenvalue weighted by atomic mass is 32.1. The Labute approximate surface area is 152 Å². The van der Waals surface area contributed by atoms with Crippen LogP contribution in [0, 0.1) is 6.92 Å². The van der Waals surface area contributed by atoms with Crippen LogP contribution < -0.4 is 5.32 Å². The molecule has 0 aliphatic carbocycles. The van der Waals surface area contributed by atoms with Gasteiger partial charge >= 0.3 is 11.9 Å². The van der Waals surface area contributed by atoms with Gasteiger partial charge in [-0.25, -0.2) is 9.78 Å². The topological polar surface area (TPSA) is 144 Å². The number of aryl methyl sites for hydroxylation is 1. The van der Waals surface area contributed by atoms with Gasteiger partial charge in [-0.1, -0.05) is 11.3 Å². The number of ether oxygens (including phenoxy) is 2. The number of hydrogen-bond donors (Lipinski definition) is 3. The van der Waals surface area contributed by atoms with Gasteiger partial charge in [0.25, 0.3) is 0 Å². The van der Waals surface area contributed by atoms with Crippen molar-refractivity contribution >= 4 is 34.4 Å². The molecule has 10 nitrogen and oxygen atoms in total. The molecule has 0 saturated heterocycles. The number of esters is 2. The second-order valence-electron chi connectivity index (χ2n) is 4.93. The van der Waals surface area contributed by atoms with Crippen LogP contribution in [-0.2, 0) is 20.7 Å². The first-order valence-electron chi connectivity index (χ1n) is 7.71. The van der Waals surface area contributed by atoms with Crippen LogP contribution in [0.1, 0.15) is 34.8 Å². The van der Waals surface area contributed by atoms with Crippen molar-refractivity contribution in [3.05, 3.63) is 16.1 Å². The average molecular weight is 382 g/mol. The van der Waals surface area contributed by atoms with E-state index in [2.05, 4.69) is 20.3 Å². The van der Waals surface area contributed by atoms with Gasteiger partial charge in [-0.3, -0.25) is 10.1 Å². The molecule has 2 heterocycles. The van der Waals surface area contributed by atoms with Gasteiger partial charge in [0, 0.05) is 0 Å². The molecule has 11 heteroatoms. The van der Waals surface area contributed by atoms with E-state index < -0.39 is 23.7 Å². The highest BCUT2D eigenvalue weighted by molar-refractivity contribution is 7.17. The van der Waals surface area contributed by atoms with Crippen LogP contribution >= 0.6 is 11.3 Å². The molecule has 0 aliphatic rings. The van der Waals surface area contributed by atoms with Gasteiger partial charge in [-0.2, -0.15) is 9.97 Å². The molecule has 140 valence electrons. The second kappa shape index (κ2) is 8.43. The van der Waals surface area contributed by atoms with Crippen LogP contribution in [0.4, 0.5) is 11.1 Å². The largest absolute Gasteiger partial charge is 0.493 e. The Bertz CT molecular complexity index is 799. The number of carbonyl (C=O) groups excluding carboxylic acids is 2. The molecular formula is C15H18N4O6S. The van der Waals surface area contributed by atoms with E-state index in [9.17, 15) is 19.8 Å². The van der Waals surface area contributed by atoms with Crippen LogP contribution in [0.3, 0.4) is 0 Å². The first-order valence-corrected chi connectivity index (χ1v) is 8.53. The number of thiazole rings is 1. The van der Waals surface area contributed by atoms with Gasteiger partial charge in [0.15, 0.2) is 5.13 Å². The average Bonchev–Trinajstić information content (AvgIpc) is 2.92. The van der Waals surface area contributed by atoms with Crippen molar-refractivity contribution in [2.45, 2.75) is 27.2 Å². The third kappa shape index (κ3) is 4.57. The number of aromatic nitrogens is 3. The van der Waals surface area contributed by atoms with Crippen molar-refractivity contribution in [1.82, 2.24) is 15.0 Å². The van der Waals surface area contributed by atoms with Crippen molar-refractivity contribution in [2.75, 3.05) is 18.5 Å². The smallest absolute Gasteiger partial charge is 0.350 e. The number of nitrogens with one attached hydrogen (secondary N) is 1. The Morgan fingerprint density at radius 1 is 1.08 bits per heavy atom. The molecule has 2 aromatic heterocycles. The number of rotatable bonds is 7. The zero-order valence-corrected chi connectivity index (χ0v) is 15.2. The van der Waals surface area contributed by atoms with E-state index in [0.29, 0.717) is 10.6 Å². The number of nitrogens with zero attached hydrogens (tertiary/aromatic N) is 3. The highest BCUT2D eigenvalue weighted by Crippen LogP contribution is 2.29. The van der Waals surface area contributed by atoms with E-state index in [1.807, 2.05) is 0 Å². The van der Waals surface area contributed by atoms with E-state index in [1.165, 1.54) is 0 Å². The standard InChI is InChI=1S/C15H18N4O6S/c1-4-24-9(20)6-8-11(21)17-14(18-12(8)22)19-15-16-7(3)10(26-15)13(23)25-5-2/h4-6H2,1-3H3,(H3,16,17,18,19,21,22). The first-order chi connectivity index (χ1) is 12.3. The van der Waals surface area contributed by atoms with Gasteiger partial charge in [-0.05, 0) is 20.8 Å². The van der Waals surface area contributed by atoms with Crippen molar-refractivity contribution in [1.29, 1.82) is 0 Å². The molecule has 0 atom stereocenters. The molecule has 2 aromatic rings. The first kappa shape index (κ1) is 19.4. The van der Waals surface area contributed by atoms with Crippen molar-refractivity contribution in [2.24, 2.45) is 0 Å². The third-order valence-corrected chi connectivity index (χ3v) is 4.12. The summed E-state index contributed by atoms with van der Waals surface area (Å²) in [5, 5.41) is 22.8. The summed E-state index contributed by atoms with van der Waals surface area (Å²) in [6, 6.07) is 0. The molecule has 26 heavy (non-hydrogen) atoms. The predicted octanol–water partition coefficient (Wildman–Crippen LogP) is 1.68. The third-order valence-electron chi connectivity index (χ3n) is 3.07. The van der Waals surface area contributed by atoms with Crippen LogP contribution in [0.5, 0.6) is 11.8 Å². The number of aromatic hydroxyl groups is 2. The van der Waals surface area contributed by atoms with Crippen LogP contribution in [0.2, 0.25) is 0 Å². The summed E-state index contributed by atoms with van der Waals surface area (Å²) in [4.78, 5) is 35.3. The molecule has 0 saturated carbocycles. The lowest BCUT2D eigenvalue weighted by Gasteiger charge is -2.08. The lowest BCUT2D eigenvalue weighted by Crippen LogP contribution is -2.09. The highest BCUT2D eigenvalue weighted by Gasteiger charge is 2.20. The molecule has 0 bridgehead atoms. The maximum Gasteiger partial charge on any atom is 0.350 e. The Morgan fingerprint density at radius 3 is 2.27 bits per heavy atom. The summed E-state index contributed by atoms with van der Waals surface area (Å²) >= 11 is 1.02. The molecule has 2 rings (SSSR count). The number of carbonyl (C=O) groups is 2. The summed E-state index contributed by atoms with van der Waals surface area (Å²) in [5.41, 5.74) is 0.319. The normalized spacial score (nSPS) is 10.4. The molecule has 0 amide bonds. The molecule has 0 aromatic carbocycles. The molecule has 0 spiro atoms. The molecule has 0 fully saturated rings. The maximum atomic E-state index is 11.8. The second-order valence-corrected chi connectivity index (χ2v) is 5.93. The summed E-state index contributed by atoms with van der Waals surface area (Å²) in [5.74, 6) is -2.39. The quantitative estimate of drug-likeness (QED) is 0.605. The van der Waals surface area contributed by atoms with E-state index in [1.54, 1.807) is 20.8 Å². The summed E-state index contributed by atoms with van der Waals surface area (Å²) in [6.45, 7) is 5.40. The zero-order valence-electron chi connectivity index (χ0n) is 14.4. The molecular weight excluding hydrogens is 364 g/mol. The van der Waals surface area contributed by atoms with Crippen LogP contribution in [0.15, 0.2) is 0 Å². The van der Waals surface area contributed by atoms with E-state index in [4.69, 9.17) is 9.47 Å². The number of anilines is 2. The minimum atomic E-state index is -0.628. The lowest BCUT2D eigenvalue weighted by molar-refractivity contribution is -0.142. The Balaban J connectivity index is 2.19. The zero-order chi connectivity index (χ0) is 19.3. The predicted molar refractivity (Wildman–Crippen MR) is 91.8 cm³/mol. The Morgan fingerprint density at radius 2 is 1.69 bits per heavy atom. The monoisotopic (exact) mass is 382 g/mol. The minimum absolute atomic E-state index is 0.142. The van der Waals surface area contributed by atoms with Gasteiger partial charge in [-0.15, -0.1) is 0 Å². The van der Waals surface area contributed by atoms with E-state index >= 15 is 0 Å². The van der Waals surface area contributed by atoms with Crippen molar-refractivity contribution in [3.63, 3.8) is 0 Å². The summed E-state index contributed by atoms with van der Waals surface area (Å²) in [6.07, 6.45) is -0.366. The summed E-state index contributed by atoms with van der Waals surface area (Å²) in [7, 11) is 0. The molecule has 0 radical (unpaired) electrons. The van der Waals surface area contributed by atoms with E-state index in [0.717, 1.165) is 11.3 Å². The van der Waals surface area contributed by atoms with Gasteiger partial charge in [0.05, 0.1) is 30.9 Å².